The zero-order valence-corrected chi connectivity index (χ0v) is 16.2. The minimum Gasteiger partial charge on any atom is -0.322 e. The van der Waals surface area contributed by atoms with E-state index in [9.17, 15) is 18.0 Å². The van der Waals surface area contributed by atoms with Crippen LogP contribution in [0.1, 0.15) is 17.3 Å². The van der Waals surface area contributed by atoms with Gasteiger partial charge in [-0.2, -0.15) is 0 Å². The predicted molar refractivity (Wildman–Crippen MR) is 106 cm³/mol. The van der Waals surface area contributed by atoms with Crippen LogP contribution in [-0.2, 0) is 14.8 Å². The van der Waals surface area contributed by atoms with Crippen LogP contribution in [0.2, 0.25) is 0 Å². The highest BCUT2D eigenvalue weighted by atomic mass is 32.2. The highest BCUT2D eigenvalue weighted by Gasteiger charge is 2.16. The summed E-state index contributed by atoms with van der Waals surface area (Å²) in [6.45, 7) is 1.34. The van der Waals surface area contributed by atoms with E-state index in [1.165, 1.54) is 67.1 Å². The Labute approximate surface area is 164 Å². The van der Waals surface area contributed by atoms with Crippen LogP contribution in [-0.4, -0.2) is 30.2 Å². The molecule has 0 spiro atoms. The summed E-state index contributed by atoms with van der Waals surface area (Å²) in [6, 6.07) is 8.64. The lowest BCUT2D eigenvalue weighted by Crippen LogP contribution is -2.15. The maximum atomic E-state index is 12.4. The van der Waals surface area contributed by atoms with E-state index in [0.29, 0.717) is 11.3 Å². The number of nitrogens with zero attached hydrogens (tertiary/aromatic N) is 2. The number of carbonyl (C=O) groups excluding carboxylic acids is 2. The Bertz CT molecular complexity index is 1100. The van der Waals surface area contributed by atoms with Crippen LogP contribution in [0, 0.1) is 0 Å². The Hall–Kier alpha value is -3.31. The fourth-order valence-electron chi connectivity index (χ4n) is 2.19. The first-order valence-corrected chi connectivity index (χ1v) is 10.3. The number of pyridine rings is 1. The van der Waals surface area contributed by atoms with E-state index in [-0.39, 0.29) is 21.8 Å². The fourth-order valence-corrected chi connectivity index (χ4v) is 3.98. The molecule has 0 saturated heterocycles. The van der Waals surface area contributed by atoms with Crippen molar-refractivity contribution in [2.24, 2.45) is 0 Å². The highest BCUT2D eigenvalue weighted by Crippen LogP contribution is 2.20. The summed E-state index contributed by atoms with van der Waals surface area (Å²) in [5, 5.41) is 7.08. The maximum Gasteiger partial charge on any atom is 0.263 e. The maximum absolute atomic E-state index is 12.4. The summed E-state index contributed by atoms with van der Waals surface area (Å²) in [4.78, 5) is 31.3. The van der Waals surface area contributed by atoms with Gasteiger partial charge in [0.2, 0.25) is 5.91 Å². The average Bonchev–Trinajstić information content (AvgIpc) is 3.14. The molecule has 2 aromatic heterocycles. The molecule has 2 heterocycles. The molecular weight excluding hydrogens is 402 g/mol. The number of aromatic nitrogens is 2. The molecule has 2 amide bonds. The zero-order valence-electron chi connectivity index (χ0n) is 14.5. The SMILES string of the molecule is CC(=O)Nc1cc(C(=O)Nc2ccc(S(=O)(=O)Nc3nccs3)cc2)ccn1. The zero-order chi connectivity index (χ0) is 20.1. The highest BCUT2D eigenvalue weighted by molar-refractivity contribution is 7.93. The van der Waals surface area contributed by atoms with Crippen molar-refractivity contribution in [1.29, 1.82) is 0 Å². The Balaban J connectivity index is 1.70. The Morgan fingerprint density at radius 3 is 2.39 bits per heavy atom. The van der Waals surface area contributed by atoms with Gasteiger partial charge in [0, 0.05) is 35.9 Å². The van der Waals surface area contributed by atoms with E-state index >= 15 is 0 Å². The van der Waals surface area contributed by atoms with E-state index < -0.39 is 15.9 Å². The van der Waals surface area contributed by atoms with Gasteiger partial charge in [-0.05, 0) is 36.4 Å². The number of benzene rings is 1. The Kier molecular flexibility index (Phi) is 5.66. The van der Waals surface area contributed by atoms with Crippen molar-refractivity contribution < 1.29 is 18.0 Å². The van der Waals surface area contributed by atoms with Crippen molar-refractivity contribution in [1.82, 2.24) is 9.97 Å². The van der Waals surface area contributed by atoms with Crippen molar-refractivity contribution >= 4 is 49.8 Å². The molecular formula is C17H15N5O4S2. The summed E-state index contributed by atoms with van der Waals surface area (Å²) in [5.41, 5.74) is 0.706. The van der Waals surface area contributed by atoms with E-state index in [4.69, 9.17) is 0 Å². The number of amides is 2. The molecule has 3 N–H and O–H groups in total. The monoisotopic (exact) mass is 417 g/mol. The van der Waals surface area contributed by atoms with Gasteiger partial charge in [0.1, 0.15) is 5.82 Å². The molecule has 0 aliphatic heterocycles. The quantitative estimate of drug-likeness (QED) is 0.565. The van der Waals surface area contributed by atoms with Gasteiger partial charge < -0.3 is 10.6 Å². The third kappa shape index (κ3) is 4.90. The lowest BCUT2D eigenvalue weighted by atomic mass is 10.2. The van der Waals surface area contributed by atoms with Crippen molar-refractivity contribution in [3.63, 3.8) is 0 Å². The minimum atomic E-state index is -3.76. The fraction of sp³-hybridized carbons (Fsp3) is 0.0588. The van der Waals surface area contributed by atoms with Crippen LogP contribution in [0.4, 0.5) is 16.6 Å². The topological polar surface area (TPSA) is 130 Å². The summed E-state index contributed by atoms with van der Waals surface area (Å²) in [7, 11) is -3.76. The first-order chi connectivity index (χ1) is 13.3. The van der Waals surface area contributed by atoms with Crippen molar-refractivity contribution in [2.45, 2.75) is 11.8 Å². The van der Waals surface area contributed by atoms with Gasteiger partial charge in [0.05, 0.1) is 4.90 Å². The first-order valence-electron chi connectivity index (χ1n) is 7.91. The normalized spacial score (nSPS) is 10.9. The van der Waals surface area contributed by atoms with Gasteiger partial charge in [-0.15, -0.1) is 11.3 Å². The van der Waals surface area contributed by atoms with Crippen LogP contribution < -0.4 is 15.4 Å². The number of carbonyl (C=O) groups is 2. The molecule has 0 fully saturated rings. The second-order valence-corrected chi connectivity index (χ2v) is 8.11. The average molecular weight is 417 g/mol. The van der Waals surface area contributed by atoms with Crippen LogP contribution >= 0.6 is 11.3 Å². The second kappa shape index (κ2) is 8.15. The van der Waals surface area contributed by atoms with Crippen LogP contribution in [0.5, 0.6) is 0 Å². The molecule has 1 aromatic carbocycles. The van der Waals surface area contributed by atoms with E-state index in [1.54, 1.807) is 5.38 Å². The molecule has 0 bridgehead atoms. The predicted octanol–water partition coefficient (Wildman–Crippen LogP) is 2.55. The summed E-state index contributed by atoms with van der Waals surface area (Å²) < 4.78 is 27.0. The Morgan fingerprint density at radius 1 is 1.00 bits per heavy atom. The third-order valence-electron chi connectivity index (χ3n) is 3.40. The molecule has 11 heteroatoms. The molecule has 0 saturated carbocycles. The van der Waals surface area contributed by atoms with Gasteiger partial charge >= 0.3 is 0 Å². The summed E-state index contributed by atoms with van der Waals surface area (Å²) >= 11 is 1.17. The van der Waals surface area contributed by atoms with Crippen LogP contribution in [0.3, 0.4) is 0 Å². The largest absolute Gasteiger partial charge is 0.322 e. The molecule has 144 valence electrons. The second-order valence-electron chi connectivity index (χ2n) is 5.53. The molecule has 3 aromatic rings. The van der Waals surface area contributed by atoms with Gasteiger partial charge in [0.15, 0.2) is 5.13 Å². The molecule has 0 aliphatic rings. The number of rotatable bonds is 6. The number of sulfonamides is 1. The molecule has 28 heavy (non-hydrogen) atoms. The molecule has 0 aliphatic carbocycles. The van der Waals surface area contributed by atoms with Gasteiger partial charge in [-0.1, -0.05) is 0 Å². The number of hydrogen-bond donors (Lipinski definition) is 3. The smallest absolute Gasteiger partial charge is 0.263 e. The molecule has 3 rings (SSSR count). The first kappa shape index (κ1) is 19.5. The van der Waals surface area contributed by atoms with Crippen molar-refractivity contribution in [3.8, 4) is 0 Å². The number of anilines is 3. The number of thiazole rings is 1. The summed E-state index contributed by atoms with van der Waals surface area (Å²) in [6.07, 6.45) is 2.90. The lowest BCUT2D eigenvalue weighted by Gasteiger charge is -2.09. The minimum absolute atomic E-state index is 0.0394. The van der Waals surface area contributed by atoms with Crippen LogP contribution in [0.25, 0.3) is 0 Å². The van der Waals surface area contributed by atoms with E-state index in [0.717, 1.165) is 0 Å². The Morgan fingerprint density at radius 2 is 1.75 bits per heavy atom. The standard InChI is InChI=1S/C17H15N5O4S2/c1-11(23)20-15-10-12(6-7-18-15)16(24)21-13-2-4-14(5-3-13)28(25,26)22-17-19-8-9-27-17/h2-10H,1H3,(H,19,22)(H,21,24)(H,18,20,23). The molecule has 0 unspecified atom stereocenters. The van der Waals surface area contributed by atoms with Gasteiger partial charge in [-0.3, -0.25) is 14.3 Å². The number of hydrogen-bond acceptors (Lipinski definition) is 7. The molecule has 0 atom stereocenters. The number of nitrogens with one attached hydrogen (secondary N) is 3. The third-order valence-corrected chi connectivity index (χ3v) is 5.58. The molecule has 9 nitrogen and oxygen atoms in total. The molecule has 0 radical (unpaired) electrons. The summed E-state index contributed by atoms with van der Waals surface area (Å²) in [5.74, 6) is -0.464. The van der Waals surface area contributed by atoms with Gasteiger partial charge in [0.25, 0.3) is 15.9 Å². The van der Waals surface area contributed by atoms with Crippen LogP contribution in [0.15, 0.2) is 59.1 Å². The van der Waals surface area contributed by atoms with Crippen molar-refractivity contribution in [2.75, 3.05) is 15.4 Å². The van der Waals surface area contributed by atoms with Gasteiger partial charge in [-0.25, -0.2) is 18.4 Å². The lowest BCUT2D eigenvalue weighted by molar-refractivity contribution is -0.114. The van der Waals surface area contributed by atoms with Crippen molar-refractivity contribution in [3.05, 3.63) is 59.7 Å². The van der Waals surface area contributed by atoms with E-state index in [2.05, 4.69) is 25.3 Å². The van der Waals surface area contributed by atoms with E-state index in [1.807, 2.05) is 0 Å².